The van der Waals surface area contributed by atoms with Gasteiger partial charge in [-0.25, -0.2) is 4.39 Å². The molecular formula is C10H11ClFNO. The molecule has 2 nitrogen and oxygen atoms in total. The van der Waals surface area contributed by atoms with E-state index in [1.807, 2.05) is 0 Å². The van der Waals surface area contributed by atoms with Crippen LogP contribution in [0.2, 0.25) is 5.02 Å². The van der Waals surface area contributed by atoms with E-state index < -0.39 is 0 Å². The molecule has 1 N–H and O–H groups in total. The lowest BCUT2D eigenvalue weighted by Gasteiger charge is -2.27. The molecule has 0 aliphatic carbocycles. The minimum absolute atomic E-state index is 0.274. The van der Waals surface area contributed by atoms with E-state index >= 15 is 0 Å². The molecule has 0 atom stereocenters. The van der Waals surface area contributed by atoms with E-state index in [2.05, 4.69) is 5.32 Å². The lowest BCUT2D eigenvalue weighted by molar-refractivity contribution is 0.00760. The summed E-state index contributed by atoms with van der Waals surface area (Å²) in [7, 11) is 0. The van der Waals surface area contributed by atoms with Crippen LogP contribution >= 0.6 is 11.6 Å². The molecule has 0 amide bonds. The van der Waals surface area contributed by atoms with Gasteiger partial charge in [-0.3, -0.25) is 0 Å². The summed E-state index contributed by atoms with van der Waals surface area (Å²) in [5, 5.41) is 3.53. The lowest BCUT2D eigenvalue weighted by atomic mass is 10.2. The van der Waals surface area contributed by atoms with Gasteiger partial charge in [0.2, 0.25) is 0 Å². The molecule has 0 spiro atoms. The van der Waals surface area contributed by atoms with Crippen LogP contribution in [0.3, 0.4) is 0 Å². The monoisotopic (exact) mass is 215 g/mol. The Kier molecular flexibility index (Phi) is 3.01. The van der Waals surface area contributed by atoms with Crippen molar-refractivity contribution in [3.63, 3.8) is 0 Å². The van der Waals surface area contributed by atoms with Gasteiger partial charge < -0.3 is 10.1 Å². The second kappa shape index (κ2) is 4.26. The van der Waals surface area contributed by atoms with Gasteiger partial charge in [-0.15, -0.1) is 0 Å². The summed E-state index contributed by atoms with van der Waals surface area (Å²) in [4.78, 5) is 0. The van der Waals surface area contributed by atoms with Gasteiger partial charge in [0, 0.05) is 18.1 Å². The molecule has 1 aliphatic rings. The van der Waals surface area contributed by atoms with E-state index in [0.29, 0.717) is 11.6 Å². The standard InChI is InChI=1S/C10H11ClFNO/c11-10-3-8(12)2-1-7(10)6-14-9-4-13-5-9/h1-3,9,13H,4-6H2. The van der Waals surface area contributed by atoms with Crippen LogP contribution in [-0.4, -0.2) is 19.2 Å². The topological polar surface area (TPSA) is 21.3 Å². The first-order chi connectivity index (χ1) is 6.75. The summed E-state index contributed by atoms with van der Waals surface area (Å²) in [6, 6.07) is 4.35. The average Bonchev–Trinajstić information content (AvgIpc) is 2.05. The minimum atomic E-state index is -0.316. The highest BCUT2D eigenvalue weighted by atomic mass is 35.5. The first-order valence-corrected chi connectivity index (χ1v) is 4.90. The maximum absolute atomic E-state index is 12.7. The summed E-state index contributed by atoms with van der Waals surface area (Å²) >= 11 is 5.84. The fourth-order valence-electron chi connectivity index (χ4n) is 1.23. The molecule has 1 aromatic carbocycles. The molecule has 14 heavy (non-hydrogen) atoms. The van der Waals surface area contributed by atoms with E-state index in [-0.39, 0.29) is 11.9 Å². The zero-order valence-corrected chi connectivity index (χ0v) is 8.35. The van der Waals surface area contributed by atoms with E-state index in [1.54, 1.807) is 6.07 Å². The number of benzene rings is 1. The fourth-order valence-corrected chi connectivity index (χ4v) is 1.45. The number of nitrogens with one attached hydrogen (secondary N) is 1. The quantitative estimate of drug-likeness (QED) is 0.833. The number of hydrogen-bond donors (Lipinski definition) is 1. The van der Waals surface area contributed by atoms with Crippen molar-refractivity contribution in [2.24, 2.45) is 0 Å². The van der Waals surface area contributed by atoms with Crippen LogP contribution in [-0.2, 0) is 11.3 Å². The Morgan fingerprint density at radius 3 is 2.86 bits per heavy atom. The van der Waals surface area contributed by atoms with Crippen molar-refractivity contribution < 1.29 is 9.13 Å². The van der Waals surface area contributed by atoms with Gasteiger partial charge in [0.15, 0.2) is 0 Å². The summed E-state index contributed by atoms with van der Waals surface area (Å²) in [6.45, 7) is 2.23. The molecule has 1 aromatic rings. The fraction of sp³-hybridized carbons (Fsp3) is 0.400. The third kappa shape index (κ3) is 2.23. The summed E-state index contributed by atoms with van der Waals surface area (Å²) in [6.07, 6.45) is 0.274. The molecule has 1 saturated heterocycles. The SMILES string of the molecule is Fc1ccc(COC2CNC2)c(Cl)c1. The van der Waals surface area contributed by atoms with Gasteiger partial charge >= 0.3 is 0 Å². The largest absolute Gasteiger partial charge is 0.371 e. The van der Waals surface area contributed by atoms with Crippen LogP contribution in [0.5, 0.6) is 0 Å². The van der Waals surface area contributed by atoms with Crippen molar-refractivity contribution in [2.45, 2.75) is 12.7 Å². The Balaban J connectivity index is 1.94. The molecule has 1 heterocycles. The number of ether oxygens (including phenoxy) is 1. The highest BCUT2D eigenvalue weighted by molar-refractivity contribution is 6.31. The Hall–Kier alpha value is -0.640. The second-order valence-electron chi connectivity index (χ2n) is 3.33. The maximum Gasteiger partial charge on any atom is 0.124 e. The smallest absolute Gasteiger partial charge is 0.124 e. The van der Waals surface area contributed by atoms with Gasteiger partial charge in [-0.1, -0.05) is 17.7 Å². The van der Waals surface area contributed by atoms with E-state index in [1.165, 1.54) is 12.1 Å². The number of rotatable bonds is 3. The first kappa shape index (κ1) is 9.90. The van der Waals surface area contributed by atoms with Crippen LogP contribution in [0.25, 0.3) is 0 Å². The average molecular weight is 216 g/mol. The molecule has 0 unspecified atom stereocenters. The molecular weight excluding hydrogens is 205 g/mol. The summed E-state index contributed by atoms with van der Waals surface area (Å²) in [5.74, 6) is -0.316. The van der Waals surface area contributed by atoms with Crippen LogP contribution in [0.15, 0.2) is 18.2 Å². The van der Waals surface area contributed by atoms with Crippen molar-refractivity contribution >= 4 is 11.6 Å². The third-order valence-corrected chi connectivity index (χ3v) is 2.59. The van der Waals surface area contributed by atoms with Crippen LogP contribution in [0, 0.1) is 5.82 Å². The van der Waals surface area contributed by atoms with Crippen LogP contribution < -0.4 is 5.32 Å². The molecule has 4 heteroatoms. The van der Waals surface area contributed by atoms with Crippen molar-refractivity contribution in [2.75, 3.05) is 13.1 Å². The predicted molar refractivity (Wildman–Crippen MR) is 52.9 cm³/mol. The molecule has 2 rings (SSSR count). The Bertz CT molecular complexity index is 328. The van der Waals surface area contributed by atoms with Crippen molar-refractivity contribution in [3.8, 4) is 0 Å². The molecule has 1 aliphatic heterocycles. The zero-order valence-electron chi connectivity index (χ0n) is 7.59. The Morgan fingerprint density at radius 1 is 1.50 bits per heavy atom. The lowest BCUT2D eigenvalue weighted by Crippen LogP contribution is -2.48. The minimum Gasteiger partial charge on any atom is -0.371 e. The van der Waals surface area contributed by atoms with Gasteiger partial charge in [0.05, 0.1) is 12.7 Å². The van der Waals surface area contributed by atoms with Crippen molar-refractivity contribution in [1.82, 2.24) is 5.32 Å². The second-order valence-corrected chi connectivity index (χ2v) is 3.73. The van der Waals surface area contributed by atoms with Gasteiger partial charge in [-0.05, 0) is 17.7 Å². The van der Waals surface area contributed by atoms with Crippen molar-refractivity contribution in [3.05, 3.63) is 34.6 Å². The van der Waals surface area contributed by atoms with Gasteiger partial charge in [0.1, 0.15) is 5.82 Å². The first-order valence-electron chi connectivity index (χ1n) is 4.52. The highest BCUT2D eigenvalue weighted by Gasteiger charge is 2.17. The number of hydrogen-bond acceptors (Lipinski definition) is 2. The Labute approximate surface area is 87.0 Å². The zero-order chi connectivity index (χ0) is 9.97. The highest BCUT2D eigenvalue weighted by Crippen LogP contribution is 2.18. The molecule has 76 valence electrons. The van der Waals surface area contributed by atoms with Crippen LogP contribution in [0.1, 0.15) is 5.56 Å². The summed E-state index contributed by atoms with van der Waals surface area (Å²) < 4.78 is 18.2. The van der Waals surface area contributed by atoms with E-state index in [4.69, 9.17) is 16.3 Å². The predicted octanol–water partition coefficient (Wildman–Crippen LogP) is 1.97. The molecule has 1 fully saturated rings. The molecule has 0 bridgehead atoms. The normalized spacial score (nSPS) is 16.7. The van der Waals surface area contributed by atoms with Crippen LogP contribution in [0.4, 0.5) is 4.39 Å². The van der Waals surface area contributed by atoms with Gasteiger partial charge in [-0.2, -0.15) is 0 Å². The molecule has 0 aromatic heterocycles. The number of halogens is 2. The maximum atomic E-state index is 12.7. The van der Waals surface area contributed by atoms with E-state index in [9.17, 15) is 4.39 Å². The van der Waals surface area contributed by atoms with Crippen molar-refractivity contribution in [1.29, 1.82) is 0 Å². The third-order valence-electron chi connectivity index (χ3n) is 2.23. The van der Waals surface area contributed by atoms with Gasteiger partial charge in [0.25, 0.3) is 0 Å². The molecule has 0 saturated carbocycles. The summed E-state index contributed by atoms with van der Waals surface area (Å²) in [5.41, 5.74) is 0.833. The molecule has 0 radical (unpaired) electrons. The Morgan fingerprint density at radius 2 is 2.29 bits per heavy atom. The van der Waals surface area contributed by atoms with E-state index in [0.717, 1.165) is 18.7 Å².